The lowest BCUT2D eigenvalue weighted by molar-refractivity contribution is -0.292. The van der Waals surface area contributed by atoms with Crippen molar-refractivity contribution < 1.29 is 24.5 Å². The van der Waals surface area contributed by atoms with Gasteiger partial charge in [0.15, 0.2) is 5.79 Å². The van der Waals surface area contributed by atoms with Crippen molar-refractivity contribution in [3.8, 4) is 5.75 Å². The molecular formula is C24H29NO5S. The van der Waals surface area contributed by atoms with E-state index in [4.69, 9.17) is 9.47 Å². The van der Waals surface area contributed by atoms with Gasteiger partial charge in [-0.3, -0.25) is 4.79 Å². The van der Waals surface area contributed by atoms with E-state index in [1.54, 1.807) is 12.0 Å². The summed E-state index contributed by atoms with van der Waals surface area (Å²) >= 11 is 1.19. The molecule has 0 saturated carbocycles. The SMILES string of the molecule is COc1ccc(CN2C(=O)SCC2[C@@]2(O)C[C@H](O)CC(CCc3ccccc3)O2)cc1. The minimum absolute atomic E-state index is 0.0845. The van der Waals surface area contributed by atoms with E-state index in [0.29, 0.717) is 25.1 Å². The Morgan fingerprint density at radius 2 is 1.90 bits per heavy atom. The first-order valence-electron chi connectivity index (χ1n) is 10.7. The predicted molar refractivity (Wildman–Crippen MR) is 120 cm³/mol. The first-order valence-corrected chi connectivity index (χ1v) is 11.6. The van der Waals surface area contributed by atoms with E-state index in [9.17, 15) is 15.0 Å². The number of methoxy groups -OCH3 is 1. The zero-order valence-corrected chi connectivity index (χ0v) is 18.5. The van der Waals surface area contributed by atoms with Crippen molar-refractivity contribution in [2.45, 2.75) is 56.3 Å². The first-order chi connectivity index (χ1) is 15.0. The number of benzene rings is 2. The Labute approximate surface area is 187 Å². The zero-order chi connectivity index (χ0) is 21.8. The molecule has 2 aliphatic heterocycles. The number of thioether (sulfide) groups is 1. The van der Waals surface area contributed by atoms with Crippen molar-refractivity contribution in [2.75, 3.05) is 12.9 Å². The molecule has 2 aromatic rings. The number of rotatable bonds is 7. The molecule has 2 aromatic carbocycles. The minimum atomic E-state index is -1.56. The number of carbonyl (C=O) groups excluding carboxylic acids is 1. The maximum Gasteiger partial charge on any atom is 0.282 e. The fourth-order valence-electron chi connectivity index (χ4n) is 4.40. The molecule has 0 aliphatic carbocycles. The van der Waals surface area contributed by atoms with Crippen LogP contribution in [0.25, 0.3) is 0 Å². The Balaban J connectivity index is 1.46. The Hall–Kier alpha value is -2.06. The lowest BCUT2D eigenvalue weighted by atomic mass is 9.90. The van der Waals surface area contributed by atoms with Gasteiger partial charge in [-0.15, -0.1) is 0 Å². The summed E-state index contributed by atoms with van der Waals surface area (Å²) in [6, 6.07) is 17.1. The van der Waals surface area contributed by atoms with Gasteiger partial charge in [-0.25, -0.2) is 0 Å². The van der Waals surface area contributed by atoms with Crippen LogP contribution in [-0.4, -0.2) is 57.3 Å². The summed E-state index contributed by atoms with van der Waals surface area (Å²) in [5.41, 5.74) is 2.14. The largest absolute Gasteiger partial charge is 0.497 e. The van der Waals surface area contributed by atoms with Gasteiger partial charge in [0.25, 0.3) is 5.24 Å². The molecule has 2 heterocycles. The van der Waals surface area contributed by atoms with Crippen LogP contribution < -0.4 is 4.74 Å². The Morgan fingerprint density at radius 1 is 1.16 bits per heavy atom. The minimum Gasteiger partial charge on any atom is -0.497 e. The molecular weight excluding hydrogens is 414 g/mol. The van der Waals surface area contributed by atoms with E-state index in [-0.39, 0.29) is 17.8 Å². The van der Waals surface area contributed by atoms with E-state index in [0.717, 1.165) is 17.7 Å². The molecule has 0 bridgehead atoms. The van der Waals surface area contributed by atoms with Gasteiger partial charge in [0.2, 0.25) is 0 Å². The third-order valence-corrected chi connectivity index (χ3v) is 7.00. The van der Waals surface area contributed by atoms with Gasteiger partial charge >= 0.3 is 0 Å². The molecule has 7 heteroatoms. The van der Waals surface area contributed by atoms with Gasteiger partial charge in [0, 0.05) is 18.7 Å². The monoisotopic (exact) mass is 443 g/mol. The molecule has 4 atom stereocenters. The second kappa shape index (κ2) is 9.61. The van der Waals surface area contributed by atoms with Crippen molar-refractivity contribution in [1.29, 1.82) is 0 Å². The van der Waals surface area contributed by atoms with Crippen molar-refractivity contribution in [1.82, 2.24) is 4.90 Å². The van der Waals surface area contributed by atoms with Gasteiger partial charge < -0.3 is 24.6 Å². The molecule has 0 radical (unpaired) electrons. The molecule has 0 spiro atoms. The number of aliphatic hydroxyl groups is 2. The van der Waals surface area contributed by atoms with Crippen molar-refractivity contribution in [3.63, 3.8) is 0 Å². The molecule has 2 N–H and O–H groups in total. The van der Waals surface area contributed by atoms with E-state index in [1.807, 2.05) is 42.5 Å². The maximum atomic E-state index is 12.6. The molecule has 4 rings (SSSR count). The Morgan fingerprint density at radius 3 is 2.61 bits per heavy atom. The van der Waals surface area contributed by atoms with Crippen LogP contribution in [0.15, 0.2) is 54.6 Å². The van der Waals surface area contributed by atoms with Crippen LogP contribution in [0.5, 0.6) is 5.75 Å². The topological polar surface area (TPSA) is 79.2 Å². The second-order valence-electron chi connectivity index (χ2n) is 8.27. The molecule has 31 heavy (non-hydrogen) atoms. The smallest absolute Gasteiger partial charge is 0.282 e. The third kappa shape index (κ3) is 5.23. The van der Waals surface area contributed by atoms with Gasteiger partial charge in [0.1, 0.15) is 5.75 Å². The standard InChI is InChI=1S/C24H29NO5S/c1-29-20-10-8-18(9-11-20)15-25-22(16-31-23(25)27)24(28)14-19(26)13-21(30-24)12-7-17-5-3-2-4-6-17/h2-6,8-11,19,21-22,26,28H,7,12-16H2,1H3/t19-,21?,22?,24-/m1/s1. The molecule has 2 aliphatic rings. The highest BCUT2D eigenvalue weighted by Crippen LogP contribution is 2.40. The highest BCUT2D eigenvalue weighted by Gasteiger charge is 2.51. The highest BCUT2D eigenvalue weighted by molar-refractivity contribution is 8.13. The second-order valence-corrected chi connectivity index (χ2v) is 9.24. The lowest BCUT2D eigenvalue weighted by Crippen LogP contribution is -2.59. The number of hydrogen-bond donors (Lipinski definition) is 2. The maximum absolute atomic E-state index is 12.6. The lowest BCUT2D eigenvalue weighted by Gasteiger charge is -2.45. The average molecular weight is 444 g/mol. The normalized spacial score (nSPS) is 28.7. The first kappa shape index (κ1) is 22.1. The van der Waals surface area contributed by atoms with E-state index in [1.165, 1.54) is 17.3 Å². The van der Waals surface area contributed by atoms with Crippen molar-refractivity contribution in [2.24, 2.45) is 0 Å². The number of aryl methyl sites for hydroxylation is 1. The highest BCUT2D eigenvalue weighted by atomic mass is 32.2. The fourth-order valence-corrected chi connectivity index (χ4v) is 5.50. The van der Waals surface area contributed by atoms with Crippen LogP contribution >= 0.6 is 11.8 Å². The van der Waals surface area contributed by atoms with Crippen LogP contribution in [0.2, 0.25) is 0 Å². The summed E-state index contributed by atoms with van der Waals surface area (Å²) in [6.07, 6.45) is 1.17. The number of nitrogens with zero attached hydrogens (tertiary/aromatic N) is 1. The van der Waals surface area contributed by atoms with E-state index >= 15 is 0 Å². The van der Waals surface area contributed by atoms with Crippen LogP contribution in [0.1, 0.15) is 30.4 Å². The molecule has 2 unspecified atom stereocenters. The molecule has 0 aromatic heterocycles. The molecule has 2 fully saturated rings. The quantitative estimate of drug-likeness (QED) is 0.681. The third-order valence-electron chi connectivity index (χ3n) is 6.04. The number of hydrogen-bond acceptors (Lipinski definition) is 6. The van der Waals surface area contributed by atoms with E-state index in [2.05, 4.69) is 12.1 Å². The zero-order valence-electron chi connectivity index (χ0n) is 17.6. The van der Waals surface area contributed by atoms with Gasteiger partial charge in [0.05, 0.1) is 25.4 Å². The van der Waals surface area contributed by atoms with Crippen LogP contribution in [0.4, 0.5) is 4.79 Å². The average Bonchev–Trinajstić information content (AvgIpc) is 3.14. The number of amides is 1. The summed E-state index contributed by atoms with van der Waals surface area (Å²) in [5.74, 6) is -0.380. The molecule has 1 amide bonds. The number of carbonyl (C=O) groups is 1. The van der Waals surface area contributed by atoms with Crippen LogP contribution in [0, 0.1) is 0 Å². The van der Waals surface area contributed by atoms with Crippen LogP contribution in [0.3, 0.4) is 0 Å². The summed E-state index contributed by atoms with van der Waals surface area (Å²) < 4.78 is 11.4. The summed E-state index contributed by atoms with van der Waals surface area (Å²) in [4.78, 5) is 14.3. The van der Waals surface area contributed by atoms with E-state index < -0.39 is 17.9 Å². The number of aliphatic hydroxyl groups excluding tert-OH is 1. The van der Waals surface area contributed by atoms with Crippen molar-refractivity contribution in [3.05, 3.63) is 65.7 Å². The Kier molecular flexibility index (Phi) is 6.86. The van der Waals surface area contributed by atoms with Crippen molar-refractivity contribution >= 4 is 17.0 Å². The number of ether oxygens (including phenoxy) is 2. The molecule has 166 valence electrons. The summed E-state index contributed by atoms with van der Waals surface area (Å²) in [7, 11) is 1.61. The summed E-state index contributed by atoms with van der Waals surface area (Å²) in [6.45, 7) is 0.372. The fraction of sp³-hybridized carbons (Fsp3) is 0.458. The van der Waals surface area contributed by atoms with Crippen LogP contribution in [-0.2, 0) is 17.7 Å². The molecule has 6 nitrogen and oxygen atoms in total. The van der Waals surface area contributed by atoms with Gasteiger partial charge in [-0.1, -0.05) is 54.2 Å². The molecule has 2 saturated heterocycles. The summed E-state index contributed by atoms with van der Waals surface area (Å²) in [5, 5.41) is 21.9. The van der Waals surface area contributed by atoms with Gasteiger partial charge in [-0.2, -0.15) is 0 Å². The predicted octanol–water partition coefficient (Wildman–Crippen LogP) is 3.59. The van der Waals surface area contributed by atoms with Gasteiger partial charge in [-0.05, 0) is 42.5 Å². The Bertz CT molecular complexity index is 877.